The number of halogens is 1. The smallest absolute Gasteiger partial charge is 0.337 e. The second kappa shape index (κ2) is 8.20. The molecule has 176 valence electrons. The van der Waals surface area contributed by atoms with Gasteiger partial charge in [-0.3, -0.25) is 4.90 Å². The summed E-state index contributed by atoms with van der Waals surface area (Å²) in [6.07, 6.45) is 2.82. The van der Waals surface area contributed by atoms with E-state index in [0.29, 0.717) is 30.8 Å². The van der Waals surface area contributed by atoms with Crippen LogP contribution in [0.1, 0.15) is 31.7 Å². The van der Waals surface area contributed by atoms with Crippen LogP contribution in [0.25, 0.3) is 0 Å². The molecule has 5 atom stereocenters. The van der Waals surface area contributed by atoms with Crippen molar-refractivity contribution in [2.45, 2.75) is 43.6 Å². The first kappa shape index (κ1) is 22.8. The van der Waals surface area contributed by atoms with Crippen LogP contribution in [-0.2, 0) is 19.9 Å². The number of carbonyl (C=O) groups excluding carboxylic acids is 1. The van der Waals surface area contributed by atoms with Crippen LogP contribution in [0.5, 0.6) is 5.75 Å². The number of anilines is 1. The minimum Gasteiger partial charge on any atom is -0.504 e. The molecule has 8 nitrogen and oxygen atoms in total. The molecular weight excluding hydrogens is 419 g/mol. The zero-order valence-corrected chi connectivity index (χ0v) is 18.9. The summed E-state index contributed by atoms with van der Waals surface area (Å²) in [4.78, 5) is 14.7. The average molecular weight is 451 g/mol. The number of ether oxygens (including phenoxy) is 3. The Morgan fingerprint density at radius 1 is 1.34 bits per heavy atom. The molecule has 3 heterocycles. The first-order chi connectivity index (χ1) is 15.2. The lowest BCUT2D eigenvalue weighted by atomic mass is 9.67. The summed E-state index contributed by atoms with van der Waals surface area (Å²) >= 11 is 0. The molecule has 32 heavy (non-hydrogen) atoms. The van der Waals surface area contributed by atoms with Crippen LogP contribution >= 0.6 is 0 Å². The van der Waals surface area contributed by atoms with Crippen LogP contribution in [0, 0.1) is 17.7 Å². The van der Waals surface area contributed by atoms with E-state index in [1.54, 1.807) is 0 Å². The number of piperidine rings is 2. The Morgan fingerprint density at radius 3 is 2.72 bits per heavy atom. The highest BCUT2D eigenvalue weighted by Gasteiger charge is 2.66. The highest BCUT2D eigenvalue weighted by Crippen LogP contribution is 2.57. The predicted octanol–water partition coefficient (Wildman–Crippen LogP) is 1.96. The molecule has 1 aromatic carbocycles. The van der Waals surface area contributed by atoms with Crippen molar-refractivity contribution in [2.24, 2.45) is 11.8 Å². The molecule has 0 spiro atoms. The van der Waals surface area contributed by atoms with Crippen LogP contribution in [0.4, 0.5) is 10.1 Å². The normalized spacial score (nSPS) is 34.1. The number of hydrogen-bond donors (Lipinski definition) is 3. The van der Waals surface area contributed by atoms with Crippen molar-refractivity contribution < 1.29 is 33.6 Å². The molecule has 3 aliphatic heterocycles. The predicted molar refractivity (Wildman–Crippen MR) is 114 cm³/mol. The van der Waals surface area contributed by atoms with Gasteiger partial charge >= 0.3 is 5.97 Å². The molecule has 0 bridgehead atoms. The van der Waals surface area contributed by atoms with E-state index in [1.807, 2.05) is 0 Å². The Labute approximate surface area is 186 Å². The van der Waals surface area contributed by atoms with Gasteiger partial charge in [0, 0.05) is 18.8 Å². The molecule has 0 amide bonds. The fourth-order valence-corrected chi connectivity index (χ4v) is 5.90. The van der Waals surface area contributed by atoms with Gasteiger partial charge in [-0.05, 0) is 36.8 Å². The van der Waals surface area contributed by atoms with Crippen LogP contribution in [0.15, 0.2) is 24.0 Å². The zero-order valence-electron chi connectivity index (χ0n) is 18.9. The first-order valence-corrected chi connectivity index (χ1v) is 10.9. The van der Waals surface area contributed by atoms with Gasteiger partial charge in [0.2, 0.25) is 0 Å². The third kappa shape index (κ3) is 3.09. The molecule has 0 aliphatic carbocycles. The maximum atomic E-state index is 14.5. The van der Waals surface area contributed by atoms with Crippen molar-refractivity contribution in [3.63, 3.8) is 0 Å². The number of esters is 1. The lowest BCUT2D eigenvalue weighted by Gasteiger charge is -2.56. The Balaban J connectivity index is 1.77. The molecule has 2 saturated heterocycles. The molecule has 0 unspecified atom stereocenters. The van der Waals surface area contributed by atoms with E-state index in [1.165, 1.54) is 39.7 Å². The van der Waals surface area contributed by atoms with E-state index >= 15 is 0 Å². The van der Waals surface area contributed by atoms with Crippen LogP contribution in [-0.4, -0.2) is 67.3 Å². The molecular formula is C23H31FN2O6. The molecule has 4 rings (SSSR count). The van der Waals surface area contributed by atoms with Crippen LogP contribution < -0.4 is 10.1 Å². The molecule has 3 N–H and O–H groups in total. The first-order valence-electron chi connectivity index (χ1n) is 10.9. The van der Waals surface area contributed by atoms with Crippen molar-refractivity contribution in [1.29, 1.82) is 0 Å². The number of fused-ring (bicyclic) bond motifs is 5. The summed E-state index contributed by atoms with van der Waals surface area (Å²) in [7, 11) is 4.14. The van der Waals surface area contributed by atoms with E-state index in [-0.39, 0.29) is 29.6 Å². The van der Waals surface area contributed by atoms with Gasteiger partial charge in [-0.15, -0.1) is 0 Å². The Kier molecular flexibility index (Phi) is 5.85. The largest absolute Gasteiger partial charge is 0.504 e. The van der Waals surface area contributed by atoms with E-state index in [2.05, 4.69) is 17.1 Å². The number of aliphatic hydroxyl groups is 2. The number of benzene rings is 1. The highest BCUT2D eigenvalue weighted by atomic mass is 19.1. The third-order valence-electron chi connectivity index (χ3n) is 7.47. The van der Waals surface area contributed by atoms with Crippen molar-refractivity contribution >= 4 is 11.7 Å². The van der Waals surface area contributed by atoms with Gasteiger partial charge in [-0.25, -0.2) is 9.18 Å². The van der Waals surface area contributed by atoms with Crippen molar-refractivity contribution in [1.82, 2.24) is 4.90 Å². The van der Waals surface area contributed by atoms with E-state index < -0.39 is 29.2 Å². The minimum atomic E-state index is -1.79. The molecule has 0 aromatic heterocycles. The fraction of sp³-hybridized carbons (Fsp3) is 0.609. The summed E-state index contributed by atoms with van der Waals surface area (Å²) in [6.45, 7) is 3.20. The van der Waals surface area contributed by atoms with E-state index in [9.17, 15) is 19.4 Å². The summed E-state index contributed by atoms with van der Waals surface area (Å²) in [6, 6.07) is 2.21. The summed E-state index contributed by atoms with van der Waals surface area (Å²) in [5.41, 5.74) is -2.48. The average Bonchev–Trinajstić information content (AvgIpc) is 3.04. The van der Waals surface area contributed by atoms with Gasteiger partial charge in [-0.1, -0.05) is 13.3 Å². The minimum absolute atomic E-state index is 0.0739. The number of hydrogen-bond acceptors (Lipinski definition) is 8. The second-order valence-electron chi connectivity index (χ2n) is 8.83. The van der Waals surface area contributed by atoms with Crippen molar-refractivity contribution in [3.8, 4) is 5.75 Å². The van der Waals surface area contributed by atoms with Crippen LogP contribution in [0.2, 0.25) is 0 Å². The SMILES string of the molecule is CC[C@@H]1CN2CC[C@]3(O)c4c(ccc(F)c4OC)N[C@]3(O)[C@@H]2C[C@@H]1/C(=C\OC)C(=O)OC. The summed E-state index contributed by atoms with van der Waals surface area (Å²) < 4.78 is 29.9. The fourth-order valence-electron chi connectivity index (χ4n) is 5.90. The topological polar surface area (TPSA) is 100 Å². The third-order valence-corrected chi connectivity index (χ3v) is 7.47. The lowest BCUT2D eigenvalue weighted by Crippen LogP contribution is -2.72. The standard InChI is InChI=1S/C23H31FN2O6/c1-5-13-11-26-9-8-22(28)19-17(7-6-16(24)20(19)31-3)25-23(22,29)18(26)10-14(13)15(12-30-2)21(27)32-4/h6-7,12-14,18,25,28-29H,5,8-11H2,1-4H3/b15-12+/t13-,14+,18+,22+,23+/m1/s1. The lowest BCUT2D eigenvalue weighted by molar-refractivity contribution is -0.214. The van der Waals surface area contributed by atoms with Gasteiger partial charge < -0.3 is 29.7 Å². The number of nitrogens with zero attached hydrogens (tertiary/aromatic N) is 1. The number of rotatable bonds is 5. The van der Waals surface area contributed by atoms with Crippen molar-refractivity contribution in [2.75, 3.05) is 39.7 Å². The number of carbonyl (C=O) groups is 1. The number of nitrogens with one attached hydrogen (secondary N) is 1. The maximum absolute atomic E-state index is 14.5. The Morgan fingerprint density at radius 2 is 2.09 bits per heavy atom. The molecule has 1 aromatic rings. The summed E-state index contributed by atoms with van der Waals surface area (Å²) in [5, 5.41) is 26.8. The summed E-state index contributed by atoms with van der Waals surface area (Å²) in [5.74, 6) is -1.26. The van der Waals surface area contributed by atoms with E-state index in [0.717, 1.165) is 6.42 Å². The Bertz CT molecular complexity index is 939. The monoisotopic (exact) mass is 450 g/mol. The number of methoxy groups -OCH3 is 3. The van der Waals surface area contributed by atoms with Gasteiger partial charge in [-0.2, -0.15) is 0 Å². The van der Waals surface area contributed by atoms with Gasteiger partial charge in [0.1, 0.15) is 5.60 Å². The van der Waals surface area contributed by atoms with Crippen LogP contribution in [0.3, 0.4) is 0 Å². The zero-order chi connectivity index (χ0) is 23.3. The van der Waals surface area contributed by atoms with Gasteiger partial charge in [0.15, 0.2) is 17.3 Å². The molecule has 0 saturated carbocycles. The second-order valence-corrected chi connectivity index (χ2v) is 8.83. The molecule has 3 aliphatic rings. The van der Waals surface area contributed by atoms with Gasteiger partial charge in [0.25, 0.3) is 0 Å². The van der Waals surface area contributed by atoms with Crippen molar-refractivity contribution in [3.05, 3.63) is 35.3 Å². The highest BCUT2D eigenvalue weighted by molar-refractivity contribution is 5.88. The Hall–Kier alpha value is -2.36. The molecule has 0 radical (unpaired) electrons. The quantitative estimate of drug-likeness (QED) is 0.356. The van der Waals surface area contributed by atoms with E-state index in [4.69, 9.17) is 14.2 Å². The maximum Gasteiger partial charge on any atom is 0.337 e. The van der Waals surface area contributed by atoms with Gasteiger partial charge in [0.05, 0.1) is 44.8 Å². The molecule has 9 heteroatoms. The molecule has 2 fully saturated rings.